The van der Waals surface area contributed by atoms with Gasteiger partial charge in [0.15, 0.2) is 0 Å². The van der Waals surface area contributed by atoms with E-state index in [1.165, 1.54) is 19.3 Å². The van der Waals surface area contributed by atoms with Gasteiger partial charge in [0, 0.05) is 6.61 Å². The van der Waals surface area contributed by atoms with Crippen molar-refractivity contribution in [1.82, 2.24) is 0 Å². The van der Waals surface area contributed by atoms with E-state index in [4.69, 9.17) is 9.47 Å². The first kappa shape index (κ1) is 12.0. The third-order valence-corrected chi connectivity index (χ3v) is 2.94. The number of rotatable bonds is 4. The van der Waals surface area contributed by atoms with Gasteiger partial charge in [-0.05, 0) is 37.5 Å². The van der Waals surface area contributed by atoms with Crippen molar-refractivity contribution in [2.75, 3.05) is 13.4 Å². The van der Waals surface area contributed by atoms with Crippen LogP contribution in [-0.2, 0) is 9.47 Å². The third-order valence-electron chi connectivity index (χ3n) is 2.94. The minimum Gasteiger partial charge on any atom is -0.356 e. The van der Waals surface area contributed by atoms with Crippen molar-refractivity contribution in [2.24, 2.45) is 11.3 Å². The molecule has 0 aromatic heterocycles. The molecule has 2 atom stereocenters. The maximum Gasteiger partial charge on any atom is 0.147 e. The molecule has 0 spiro atoms. The van der Waals surface area contributed by atoms with E-state index < -0.39 is 0 Å². The molecule has 0 N–H and O–H groups in total. The summed E-state index contributed by atoms with van der Waals surface area (Å²) in [5.41, 5.74) is 0.439. The number of hydrogen-bond acceptors (Lipinski definition) is 2. The molecule has 0 saturated heterocycles. The lowest BCUT2D eigenvalue weighted by molar-refractivity contribution is -0.114. The maximum absolute atomic E-state index is 5.71. The van der Waals surface area contributed by atoms with Gasteiger partial charge in [0.1, 0.15) is 6.79 Å². The van der Waals surface area contributed by atoms with Gasteiger partial charge in [0.2, 0.25) is 0 Å². The van der Waals surface area contributed by atoms with Crippen molar-refractivity contribution in [1.29, 1.82) is 0 Å². The molecule has 2 unspecified atom stereocenters. The van der Waals surface area contributed by atoms with Crippen LogP contribution in [0.5, 0.6) is 0 Å². The lowest BCUT2D eigenvalue weighted by Gasteiger charge is -2.38. The normalized spacial score (nSPS) is 31.7. The fraction of sp³-hybridized carbons (Fsp3) is 1.00. The summed E-state index contributed by atoms with van der Waals surface area (Å²) in [7, 11) is 0. The molecule has 1 rings (SSSR count). The minimum absolute atomic E-state index is 0.403. The van der Waals surface area contributed by atoms with Crippen LogP contribution in [0.4, 0.5) is 0 Å². The Morgan fingerprint density at radius 1 is 1.29 bits per heavy atom. The molecule has 0 aromatic rings. The number of ether oxygens (including phenoxy) is 2. The first-order chi connectivity index (χ1) is 6.53. The quantitative estimate of drug-likeness (QED) is 0.512. The third kappa shape index (κ3) is 3.97. The van der Waals surface area contributed by atoms with Gasteiger partial charge in [-0.3, -0.25) is 0 Å². The van der Waals surface area contributed by atoms with Crippen molar-refractivity contribution < 1.29 is 9.47 Å². The molecule has 0 heterocycles. The fourth-order valence-electron chi connectivity index (χ4n) is 2.61. The van der Waals surface area contributed by atoms with E-state index in [-0.39, 0.29) is 0 Å². The van der Waals surface area contributed by atoms with Gasteiger partial charge >= 0.3 is 0 Å². The second-order valence-electron chi connectivity index (χ2n) is 5.31. The van der Waals surface area contributed by atoms with Crippen LogP contribution in [0.3, 0.4) is 0 Å². The van der Waals surface area contributed by atoms with Crippen molar-refractivity contribution in [3.8, 4) is 0 Å². The van der Waals surface area contributed by atoms with Crippen LogP contribution in [-0.4, -0.2) is 19.5 Å². The molecular weight excluding hydrogens is 176 g/mol. The molecule has 1 saturated carbocycles. The zero-order chi connectivity index (χ0) is 10.6. The van der Waals surface area contributed by atoms with E-state index >= 15 is 0 Å². The van der Waals surface area contributed by atoms with Crippen LogP contribution >= 0.6 is 0 Å². The van der Waals surface area contributed by atoms with Gasteiger partial charge in [-0.2, -0.15) is 0 Å². The zero-order valence-corrected chi connectivity index (χ0v) is 10.0. The van der Waals surface area contributed by atoms with Crippen LogP contribution in [0.25, 0.3) is 0 Å². The van der Waals surface area contributed by atoms with E-state index in [1.54, 1.807) is 0 Å². The van der Waals surface area contributed by atoms with E-state index in [0.29, 0.717) is 18.3 Å². The second-order valence-corrected chi connectivity index (χ2v) is 5.31. The average Bonchev–Trinajstić information content (AvgIpc) is 2.00. The smallest absolute Gasteiger partial charge is 0.147 e. The van der Waals surface area contributed by atoms with Crippen molar-refractivity contribution >= 4 is 0 Å². The Labute approximate surface area is 88.0 Å². The van der Waals surface area contributed by atoms with Gasteiger partial charge < -0.3 is 9.47 Å². The summed E-state index contributed by atoms with van der Waals surface area (Å²) in [5.74, 6) is 0.783. The summed E-state index contributed by atoms with van der Waals surface area (Å²) >= 11 is 0. The van der Waals surface area contributed by atoms with Gasteiger partial charge in [-0.25, -0.2) is 0 Å². The molecule has 1 fully saturated rings. The van der Waals surface area contributed by atoms with Crippen LogP contribution in [0.1, 0.15) is 47.0 Å². The highest BCUT2D eigenvalue weighted by atomic mass is 16.7. The molecule has 0 radical (unpaired) electrons. The second kappa shape index (κ2) is 5.13. The lowest BCUT2D eigenvalue weighted by Crippen LogP contribution is -2.33. The highest BCUT2D eigenvalue weighted by Crippen LogP contribution is 2.39. The van der Waals surface area contributed by atoms with Crippen LogP contribution in [0, 0.1) is 11.3 Å². The standard InChI is InChI=1S/C12H24O2/c1-5-13-9-14-11-6-10(2)7-12(3,4)8-11/h10-11H,5-9H2,1-4H3. The van der Waals surface area contributed by atoms with Crippen molar-refractivity contribution in [2.45, 2.75) is 53.1 Å². The monoisotopic (exact) mass is 200 g/mol. The molecule has 0 bridgehead atoms. The highest BCUT2D eigenvalue weighted by molar-refractivity contribution is 4.83. The van der Waals surface area contributed by atoms with E-state index in [0.717, 1.165) is 12.5 Å². The predicted octanol–water partition coefficient (Wildman–Crippen LogP) is 3.21. The highest BCUT2D eigenvalue weighted by Gasteiger charge is 2.32. The van der Waals surface area contributed by atoms with Crippen LogP contribution in [0.15, 0.2) is 0 Å². The first-order valence-electron chi connectivity index (χ1n) is 5.73. The fourth-order valence-corrected chi connectivity index (χ4v) is 2.61. The number of hydrogen-bond donors (Lipinski definition) is 0. The first-order valence-corrected chi connectivity index (χ1v) is 5.73. The van der Waals surface area contributed by atoms with Gasteiger partial charge in [-0.1, -0.05) is 20.8 Å². The molecule has 1 aliphatic rings. The Morgan fingerprint density at radius 3 is 2.57 bits per heavy atom. The Morgan fingerprint density at radius 2 is 2.00 bits per heavy atom. The summed E-state index contributed by atoms with van der Waals surface area (Å²) in [5, 5.41) is 0. The Balaban J connectivity index is 2.30. The summed E-state index contributed by atoms with van der Waals surface area (Å²) in [6.45, 7) is 10.2. The zero-order valence-electron chi connectivity index (χ0n) is 10.0. The van der Waals surface area contributed by atoms with Crippen molar-refractivity contribution in [3.63, 3.8) is 0 Å². The van der Waals surface area contributed by atoms with Crippen LogP contribution in [0.2, 0.25) is 0 Å². The van der Waals surface area contributed by atoms with E-state index in [9.17, 15) is 0 Å². The molecule has 84 valence electrons. The Bertz CT molecular complexity index is 166. The van der Waals surface area contributed by atoms with Crippen molar-refractivity contribution in [3.05, 3.63) is 0 Å². The molecule has 0 aliphatic heterocycles. The Kier molecular flexibility index (Phi) is 4.39. The van der Waals surface area contributed by atoms with Gasteiger partial charge in [-0.15, -0.1) is 0 Å². The summed E-state index contributed by atoms with van der Waals surface area (Å²) < 4.78 is 10.9. The van der Waals surface area contributed by atoms with Gasteiger partial charge in [0.05, 0.1) is 6.10 Å². The molecule has 2 nitrogen and oxygen atoms in total. The lowest BCUT2D eigenvalue weighted by atomic mass is 9.71. The molecule has 0 aromatic carbocycles. The molecule has 2 heteroatoms. The topological polar surface area (TPSA) is 18.5 Å². The largest absolute Gasteiger partial charge is 0.356 e. The summed E-state index contributed by atoms with van der Waals surface area (Å²) in [6.07, 6.45) is 4.09. The SMILES string of the molecule is CCOCOC1CC(C)CC(C)(C)C1. The van der Waals surface area contributed by atoms with Gasteiger partial charge in [0.25, 0.3) is 0 Å². The maximum atomic E-state index is 5.71. The molecular formula is C12H24O2. The predicted molar refractivity (Wildman–Crippen MR) is 58.2 cm³/mol. The molecule has 1 aliphatic carbocycles. The molecule has 14 heavy (non-hydrogen) atoms. The average molecular weight is 200 g/mol. The Hall–Kier alpha value is -0.0800. The summed E-state index contributed by atoms with van der Waals surface area (Å²) in [6, 6.07) is 0. The van der Waals surface area contributed by atoms with E-state index in [2.05, 4.69) is 20.8 Å². The van der Waals surface area contributed by atoms with Crippen LogP contribution < -0.4 is 0 Å². The minimum atomic E-state index is 0.403. The summed E-state index contributed by atoms with van der Waals surface area (Å²) in [4.78, 5) is 0. The molecule has 0 amide bonds. The van der Waals surface area contributed by atoms with E-state index in [1.807, 2.05) is 6.92 Å².